The molecule has 11 aromatic carbocycles. The van der Waals surface area contributed by atoms with Crippen molar-refractivity contribution in [3.63, 3.8) is 0 Å². The monoisotopic (exact) mass is 1600 g/mol. The zero-order chi connectivity index (χ0) is 73.4. The first-order valence-electron chi connectivity index (χ1n) is 34.9. The van der Waals surface area contributed by atoms with E-state index in [1.165, 1.54) is 76.4 Å². The summed E-state index contributed by atoms with van der Waals surface area (Å²) in [5.74, 6) is 0. The van der Waals surface area contributed by atoms with Crippen LogP contribution in [0.1, 0.15) is 11.1 Å². The van der Waals surface area contributed by atoms with E-state index < -0.39 is 23.3 Å². The van der Waals surface area contributed by atoms with E-state index >= 15 is 0 Å². The molecular formula is C92H69B2Br2Cl2N6O2Si2. The molecule has 0 aliphatic carbocycles. The number of hydrogen-bond acceptors (Lipinski definition) is 8. The normalized spacial score (nSPS) is 12.2. The van der Waals surface area contributed by atoms with Crippen LogP contribution in [-0.2, 0) is 6.42 Å². The number of pyridine rings is 5. The lowest BCUT2D eigenvalue weighted by Gasteiger charge is -2.45. The van der Waals surface area contributed by atoms with Crippen molar-refractivity contribution in [2.75, 3.05) is 4.90 Å². The number of hydrogen-bond donors (Lipinski definition) is 2. The van der Waals surface area contributed by atoms with Crippen LogP contribution in [0.15, 0.2) is 405 Å². The summed E-state index contributed by atoms with van der Waals surface area (Å²) in [5.41, 5.74) is 15.7. The SMILES string of the molecule is Clc1c(-c2ccncc2)cccc1-c1ccncc1.Clc1c(Br)cccc1Br.OB(O)c1ccncc1.[B].c1ccc([Si]2(c3ccccc3)c3ccccc3Cc3ccccc32)cc1.c1ccc([Si]2(c3ccccc3)c3ccccc3N(c3c(-c4ccncc4)cccc3-c3ccncc3)c3ccccc32)cc1. The summed E-state index contributed by atoms with van der Waals surface area (Å²) in [6.45, 7) is 0. The van der Waals surface area contributed by atoms with Gasteiger partial charge in [-0.2, -0.15) is 0 Å². The molecule has 0 atom stereocenters. The van der Waals surface area contributed by atoms with Crippen molar-refractivity contribution in [3.05, 3.63) is 426 Å². The molecule has 8 nitrogen and oxygen atoms in total. The van der Waals surface area contributed by atoms with Crippen molar-refractivity contribution >= 4 is 151 Å². The molecule has 0 spiro atoms. The number of aromatic nitrogens is 5. The summed E-state index contributed by atoms with van der Waals surface area (Å²) in [7, 11) is -6.36. The van der Waals surface area contributed by atoms with Gasteiger partial charge in [-0.1, -0.05) is 272 Å². The molecule has 0 saturated carbocycles. The number of rotatable bonds is 10. The van der Waals surface area contributed by atoms with E-state index in [0.717, 1.165) is 75.6 Å². The Morgan fingerprint density at radius 1 is 0.296 bits per heavy atom. The van der Waals surface area contributed by atoms with Crippen LogP contribution in [0.3, 0.4) is 0 Å². The minimum absolute atomic E-state index is 0. The van der Waals surface area contributed by atoms with Gasteiger partial charge in [0.05, 0.1) is 15.7 Å². The maximum Gasteiger partial charge on any atom is 0.488 e. The summed E-state index contributed by atoms with van der Waals surface area (Å²) in [5, 5.41) is 30.1. The van der Waals surface area contributed by atoms with Gasteiger partial charge in [-0.15, -0.1) is 0 Å². The van der Waals surface area contributed by atoms with Gasteiger partial charge in [0.1, 0.15) is 0 Å². The highest BCUT2D eigenvalue weighted by molar-refractivity contribution is 9.11. The van der Waals surface area contributed by atoms with Crippen molar-refractivity contribution in [3.8, 4) is 44.5 Å². The Balaban J connectivity index is 0.000000135. The maximum atomic E-state index is 8.55. The zero-order valence-electron chi connectivity index (χ0n) is 58.5. The van der Waals surface area contributed by atoms with Crippen molar-refractivity contribution in [2.45, 2.75) is 6.42 Å². The van der Waals surface area contributed by atoms with Crippen LogP contribution < -0.4 is 51.9 Å². The van der Waals surface area contributed by atoms with E-state index in [0.29, 0.717) is 5.46 Å². The highest BCUT2D eigenvalue weighted by atomic mass is 79.9. The predicted molar refractivity (Wildman–Crippen MR) is 462 cm³/mol. The average Bonchev–Trinajstić information content (AvgIpc) is 0.703. The van der Waals surface area contributed by atoms with Crippen molar-refractivity contribution < 1.29 is 10.0 Å². The Morgan fingerprint density at radius 3 is 0.907 bits per heavy atom. The second-order valence-electron chi connectivity index (χ2n) is 25.3. The molecule has 16 heteroatoms. The number of benzene rings is 11. The molecule has 2 aliphatic heterocycles. The zero-order valence-corrected chi connectivity index (χ0v) is 65.2. The van der Waals surface area contributed by atoms with E-state index in [4.69, 9.17) is 33.2 Å². The minimum atomic E-state index is -2.71. The summed E-state index contributed by atoms with van der Waals surface area (Å²) >= 11 is 18.9. The second kappa shape index (κ2) is 35.6. The van der Waals surface area contributed by atoms with E-state index in [9.17, 15) is 0 Å². The third kappa shape index (κ3) is 15.7. The highest BCUT2D eigenvalue weighted by Crippen LogP contribution is 2.48. The molecule has 0 saturated heterocycles. The molecule has 0 amide bonds. The van der Waals surface area contributed by atoms with Crippen LogP contribution in [0.2, 0.25) is 10.0 Å². The largest absolute Gasteiger partial charge is 0.488 e. The number of anilines is 3. The first-order valence-corrected chi connectivity index (χ1v) is 41.3. The molecule has 2 N–H and O–H groups in total. The van der Waals surface area contributed by atoms with Crippen LogP contribution >= 0.6 is 55.1 Å². The number of halogens is 4. The third-order valence-electron chi connectivity index (χ3n) is 19.3. The molecule has 521 valence electrons. The smallest absolute Gasteiger partial charge is 0.423 e. The first-order chi connectivity index (χ1) is 52.7. The van der Waals surface area contributed by atoms with Crippen LogP contribution in [0.5, 0.6) is 0 Å². The summed E-state index contributed by atoms with van der Waals surface area (Å²) in [6.07, 6.45) is 18.6. The molecule has 16 aromatic rings. The lowest BCUT2D eigenvalue weighted by molar-refractivity contribution is 0.425. The Morgan fingerprint density at radius 2 is 0.574 bits per heavy atom. The molecule has 108 heavy (non-hydrogen) atoms. The first kappa shape index (κ1) is 75.2. The quantitative estimate of drug-likeness (QED) is 0.103. The highest BCUT2D eigenvalue weighted by Gasteiger charge is 2.50. The van der Waals surface area contributed by atoms with Gasteiger partial charge in [0, 0.05) is 113 Å². The van der Waals surface area contributed by atoms with E-state index in [1.807, 2.05) is 85.5 Å². The second-order valence-corrected chi connectivity index (χ2v) is 35.3. The topological polar surface area (TPSA) is 108 Å². The van der Waals surface area contributed by atoms with Gasteiger partial charge in [0.15, 0.2) is 16.1 Å². The Bertz CT molecular complexity index is 5310. The van der Waals surface area contributed by atoms with Crippen LogP contribution in [0.25, 0.3) is 44.5 Å². The standard InChI is InChI=1S/C40H29N3Si.C25H20Si.C16H11ClN2.C6H3Br2Cl.C5H6BNO2.B/c1-3-12-32(13-4-1)44(33-14-5-2-6-15-33)38-20-9-7-18-36(38)43(37-19-8-10-21-39(37)44)40-34(30-22-26-41-27-23-30)16-11-17-35(40)31-24-28-42-29-25-31;1-3-13-22(14-4-1)26(23-15-5-2-6-16-23)24-17-9-7-11-20(24)19-21-12-8-10-18-25(21)26;17-16-14(12-4-8-18-9-5-12)2-1-3-15(16)13-6-10-19-11-7-13;7-4-2-1-3-5(8)6(4)9;8-6(9)5-1-3-7-4-2-5;/h1-29H;1-18H,19H2;1-11H;1-3H;1-4,8-9H;. The molecule has 2 aliphatic rings. The minimum Gasteiger partial charge on any atom is -0.423 e. The third-order valence-corrected chi connectivity index (χ3v) is 31.7. The summed E-state index contributed by atoms with van der Waals surface area (Å²) in [4.78, 5) is 22.9. The maximum absolute atomic E-state index is 8.55. The Labute approximate surface area is 661 Å². The van der Waals surface area contributed by atoms with Gasteiger partial charge in [0.25, 0.3) is 0 Å². The van der Waals surface area contributed by atoms with E-state index in [-0.39, 0.29) is 8.41 Å². The number of nitrogens with zero attached hydrogens (tertiary/aromatic N) is 6. The van der Waals surface area contributed by atoms with Gasteiger partial charge in [0.2, 0.25) is 0 Å². The van der Waals surface area contributed by atoms with Crippen molar-refractivity contribution in [1.82, 2.24) is 24.9 Å². The lowest BCUT2D eigenvalue weighted by atomic mass is 9.81. The van der Waals surface area contributed by atoms with Crippen LogP contribution in [-0.4, -0.2) is 66.6 Å². The number of fused-ring (bicyclic) bond motifs is 4. The predicted octanol–water partition coefficient (Wildman–Crippen LogP) is 16.6. The molecule has 5 aromatic heterocycles. The summed E-state index contributed by atoms with van der Waals surface area (Å²) < 4.78 is 1.83. The molecule has 18 rings (SSSR count). The lowest BCUT2D eigenvalue weighted by Crippen LogP contribution is -2.77. The van der Waals surface area contributed by atoms with Gasteiger partial charge in [-0.25, -0.2) is 0 Å². The van der Waals surface area contributed by atoms with Crippen molar-refractivity contribution in [1.29, 1.82) is 0 Å². The fourth-order valence-electron chi connectivity index (χ4n) is 14.6. The molecule has 0 bridgehead atoms. The molecule has 7 heterocycles. The fraction of sp³-hybridized carbons (Fsp3) is 0.0109. The molecular weight excluding hydrogens is 1530 g/mol. The van der Waals surface area contributed by atoms with Crippen LogP contribution in [0, 0.1) is 0 Å². The Kier molecular flexibility index (Phi) is 24.8. The Hall–Kier alpha value is -11.0. The average molecular weight is 1600 g/mol. The van der Waals surface area contributed by atoms with Crippen molar-refractivity contribution in [2.24, 2.45) is 0 Å². The summed E-state index contributed by atoms with van der Waals surface area (Å²) in [6, 6.07) is 119. The fourth-order valence-corrected chi connectivity index (χ4v) is 26.4. The molecule has 0 fully saturated rings. The van der Waals surface area contributed by atoms with E-state index in [2.05, 4.69) is 323 Å². The van der Waals surface area contributed by atoms with E-state index in [1.54, 1.807) is 36.9 Å². The van der Waals surface area contributed by atoms with Gasteiger partial charge < -0.3 is 14.9 Å². The van der Waals surface area contributed by atoms with Gasteiger partial charge in [-0.05, 0) is 204 Å². The molecule has 0 unspecified atom stereocenters. The van der Waals surface area contributed by atoms with Gasteiger partial charge >= 0.3 is 7.12 Å². The number of para-hydroxylation sites is 3. The molecule has 3 radical (unpaired) electrons. The van der Waals surface area contributed by atoms with Crippen LogP contribution in [0.4, 0.5) is 17.1 Å². The van der Waals surface area contributed by atoms with Gasteiger partial charge in [-0.3, -0.25) is 24.9 Å².